The molecule has 3 heteroatoms. The van der Waals surface area contributed by atoms with E-state index in [9.17, 15) is 0 Å². The first-order valence-electron chi connectivity index (χ1n) is 7.04. The lowest BCUT2D eigenvalue weighted by Gasteiger charge is -2.06. The number of thiophene rings is 2. The number of allylic oxidation sites excluding steroid dienone is 1. The Morgan fingerprint density at radius 1 is 0.952 bits per heavy atom. The van der Waals surface area contributed by atoms with Crippen molar-refractivity contribution in [3.05, 3.63) is 50.4 Å². The highest BCUT2D eigenvalue weighted by atomic mass is 127. The largest absolute Gasteiger partial charge is 0.135 e. The van der Waals surface area contributed by atoms with E-state index < -0.39 is 0 Å². The average Bonchev–Trinajstić information content (AvgIpc) is 3.04. The number of rotatable bonds is 0. The summed E-state index contributed by atoms with van der Waals surface area (Å²) < 4.78 is 5.73. The molecular weight excluding hydrogens is 407 g/mol. The van der Waals surface area contributed by atoms with Gasteiger partial charge in [-0.1, -0.05) is 24.3 Å². The molecule has 0 amide bonds. The fourth-order valence-corrected chi connectivity index (χ4v) is 7.31. The van der Waals surface area contributed by atoms with Gasteiger partial charge in [0.1, 0.15) is 0 Å². The summed E-state index contributed by atoms with van der Waals surface area (Å²) >= 11 is 6.45. The lowest BCUT2D eigenvalue weighted by molar-refractivity contribution is 1.01. The van der Waals surface area contributed by atoms with Crippen LogP contribution in [0.5, 0.6) is 0 Å². The molecule has 21 heavy (non-hydrogen) atoms. The number of hydrogen-bond acceptors (Lipinski definition) is 2. The summed E-state index contributed by atoms with van der Waals surface area (Å²) in [5, 5.41) is 4.38. The minimum atomic E-state index is 1.18. The van der Waals surface area contributed by atoms with Crippen molar-refractivity contribution in [2.75, 3.05) is 0 Å². The van der Waals surface area contributed by atoms with Gasteiger partial charge in [-0.25, -0.2) is 0 Å². The second kappa shape index (κ2) is 4.54. The Balaban J connectivity index is 2.03. The van der Waals surface area contributed by atoms with E-state index in [4.69, 9.17) is 0 Å². The predicted molar refractivity (Wildman–Crippen MR) is 105 cm³/mol. The summed E-state index contributed by atoms with van der Waals surface area (Å²) in [7, 11) is 0. The van der Waals surface area contributed by atoms with Crippen LogP contribution in [0.1, 0.15) is 16.9 Å². The van der Waals surface area contributed by atoms with E-state index in [-0.39, 0.29) is 0 Å². The van der Waals surface area contributed by atoms with E-state index in [2.05, 4.69) is 65.1 Å². The summed E-state index contributed by atoms with van der Waals surface area (Å²) in [6, 6.07) is 11.2. The molecule has 0 spiro atoms. The number of halogens is 1. The quantitative estimate of drug-likeness (QED) is 0.275. The molecule has 1 aliphatic carbocycles. The van der Waals surface area contributed by atoms with Gasteiger partial charge < -0.3 is 0 Å². The smallest absolute Gasteiger partial charge is 0.0380 e. The second-order valence-corrected chi connectivity index (χ2v) is 8.67. The molecule has 0 fully saturated rings. The molecule has 0 aliphatic heterocycles. The highest BCUT2D eigenvalue weighted by Crippen LogP contribution is 2.45. The van der Waals surface area contributed by atoms with Crippen molar-refractivity contribution in [3.8, 4) is 0 Å². The SMILES string of the molecule is Ic1c2c3c(sc2cc2sc4ccccc4c12)C=CCC3. The summed E-state index contributed by atoms with van der Waals surface area (Å²) in [5.74, 6) is 0. The van der Waals surface area contributed by atoms with Crippen LogP contribution in [0.25, 0.3) is 36.3 Å². The molecule has 2 aromatic heterocycles. The second-order valence-electron chi connectivity index (χ2n) is 5.42. The predicted octanol–water partition coefficient (Wildman–Crippen LogP) is 6.83. The highest BCUT2D eigenvalue weighted by Gasteiger charge is 2.19. The van der Waals surface area contributed by atoms with E-state index in [0.717, 1.165) is 0 Å². The van der Waals surface area contributed by atoms with Gasteiger partial charge >= 0.3 is 0 Å². The molecule has 102 valence electrons. The Bertz CT molecular complexity index is 1050. The molecule has 0 unspecified atom stereocenters. The molecule has 0 bridgehead atoms. The maximum Gasteiger partial charge on any atom is 0.0380 e. The van der Waals surface area contributed by atoms with E-state index >= 15 is 0 Å². The van der Waals surface area contributed by atoms with Crippen LogP contribution < -0.4 is 0 Å². The molecule has 0 saturated heterocycles. The molecule has 0 N–H and O–H groups in total. The molecule has 1 aliphatic rings. The van der Waals surface area contributed by atoms with Gasteiger partial charge in [-0.3, -0.25) is 0 Å². The van der Waals surface area contributed by atoms with Gasteiger partial charge in [0.25, 0.3) is 0 Å². The first-order chi connectivity index (χ1) is 10.3. The Kier molecular flexibility index (Phi) is 2.73. The third-order valence-corrected chi connectivity index (χ3v) is 7.56. The van der Waals surface area contributed by atoms with Crippen molar-refractivity contribution in [2.45, 2.75) is 12.8 Å². The highest BCUT2D eigenvalue weighted by molar-refractivity contribution is 14.1. The van der Waals surface area contributed by atoms with Crippen LogP contribution in [0.3, 0.4) is 0 Å². The van der Waals surface area contributed by atoms with Gasteiger partial charge in [0.2, 0.25) is 0 Å². The van der Waals surface area contributed by atoms with Gasteiger partial charge in [0.05, 0.1) is 0 Å². The summed E-state index contributed by atoms with van der Waals surface area (Å²) in [5.41, 5.74) is 1.57. The third-order valence-electron chi connectivity index (χ3n) is 4.22. The molecular formula is C18H11IS2. The zero-order chi connectivity index (χ0) is 14.0. The van der Waals surface area contributed by atoms with Gasteiger partial charge in [-0.2, -0.15) is 0 Å². The Hall–Kier alpha value is -0.910. The van der Waals surface area contributed by atoms with Crippen molar-refractivity contribution in [3.63, 3.8) is 0 Å². The Labute approximate surface area is 144 Å². The average molecular weight is 418 g/mol. The fourth-order valence-electron chi connectivity index (χ4n) is 3.28. The summed E-state index contributed by atoms with van der Waals surface area (Å²) in [6.07, 6.45) is 6.99. The number of hydrogen-bond donors (Lipinski definition) is 0. The molecule has 0 saturated carbocycles. The summed E-state index contributed by atoms with van der Waals surface area (Å²) in [6.45, 7) is 0. The van der Waals surface area contributed by atoms with Crippen LogP contribution in [0.4, 0.5) is 0 Å². The third kappa shape index (κ3) is 1.71. The Morgan fingerprint density at radius 3 is 2.76 bits per heavy atom. The minimum absolute atomic E-state index is 1.18. The fraction of sp³-hybridized carbons (Fsp3) is 0.111. The molecule has 0 radical (unpaired) electrons. The van der Waals surface area contributed by atoms with Gasteiger partial charge in [-0.15, -0.1) is 22.7 Å². The lowest BCUT2D eigenvalue weighted by Crippen LogP contribution is -1.90. The molecule has 2 heterocycles. The lowest BCUT2D eigenvalue weighted by atomic mass is 10.00. The van der Waals surface area contributed by atoms with E-state index in [0.29, 0.717) is 0 Å². The molecule has 4 aromatic rings. The molecule has 0 nitrogen and oxygen atoms in total. The Morgan fingerprint density at radius 2 is 1.81 bits per heavy atom. The van der Waals surface area contributed by atoms with Crippen LogP contribution in [0.2, 0.25) is 0 Å². The van der Waals surface area contributed by atoms with Gasteiger partial charge in [-0.05, 0) is 59.2 Å². The van der Waals surface area contributed by atoms with E-state index in [1.54, 1.807) is 5.56 Å². The van der Waals surface area contributed by atoms with Crippen LogP contribution in [0, 0.1) is 3.57 Å². The normalized spacial score (nSPS) is 14.3. The van der Waals surface area contributed by atoms with E-state index in [1.165, 1.54) is 51.5 Å². The molecule has 0 atom stereocenters. The van der Waals surface area contributed by atoms with Crippen LogP contribution in [-0.4, -0.2) is 0 Å². The zero-order valence-corrected chi connectivity index (χ0v) is 14.9. The number of fused-ring (bicyclic) bond motifs is 6. The number of aryl methyl sites for hydroxylation is 1. The van der Waals surface area contributed by atoms with Crippen molar-refractivity contribution in [2.24, 2.45) is 0 Å². The first kappa shape index (κ1) is 12.6. The number of benzene rings is 2. The van der Waals surface area contributed by atoms with Gasteiger partial charge in [0, 0.05) is 38.7 Å². The maximum absolute atomic E-state index is 2.57. The van der Waals surface area contributed by atoms with Crippen molar-refractivity contribution in [1.29, 1.82) is 0 Å². The van der Waals surface area contributed by atoms with E-state index in [1.807, 2.05) is 22.7 Å². The van der Waals surface area contributed by atoms with Gasteiger partial charge in [0.15, 0.2) is 0 Å². The van der Waals surface area contributed by atoms with Crippen molar-refractivity contribution in [1.82, 2.24) is 0 Å². The van der Waals surface area contributed by atoms with Crippen LogP contribution >= 0.6 is 45.3 Å². The first-order valence-corrected chi connectivity index (χ1v) is 9.76. The van der Waals surface area contributed by atoms with Crippen LogP contribution in [-0.2, 0) is 6.42 Å². The zero-order valence-electron chi connectivity index (χ0n) is 11.2. The summed E-state index contributed by atoms with van der Waals surface area (Å²) in [4.78, 5) is 1.47. The minimum Gasteiger partial charge on any atom is -0.135 e. The van der Waals surface area contributed by atoms with Crippen molar-refractivity contribution >= 4 is 81.6 Å². The topological polar surface area (TPSA) is 0 Å². The monoisotopic (exact) mass is 418 g/mol. The molecule has 2 aromatic carbocycles. The van der Waals surface area contributed by atoms with Crippen molar-refractivity contribution < 1.29 is 0 Å². The van der Waals surface area contributed by atoms with Crippen LogP contribution in [0.15, 0.2) is 36.4 Å². The standard InChI is InChI=1S/C18H11IS2/c19-18-16-10-5-1-3-7-12(10)20-14(16)9-15-17(18)11-6-2-4-8-13(11)21-15/h1,3-5,7-9H,2,6H2. The molecule has 5 rings (SSSR count). The maximum atomic E-state index is 2.57.